The third-order valence-corrected chi connectivity index (χ3v) is 7.54. The van der Waals surface area contributed by atoms with Gasteiger partial charge in [-0.15, -0.1) is 0 Å². The Hall–Kier alpha value is -2.14. The molecule has 0 saturated carbocycles. The van der Waals surface area contributed by atoms with Crippen molar-refractivity contribution in [1.29, 1.82) is 0 Å². The van der Waals surface area contributed by atoms with Crippen LogP contribution in [0.25, 0.3) is 0 Å². The minimum atomic E-state index is 0.555. The van der Waals surface area contributed by atoms with Gasteiger partial charge in [-0.2, -0.15) is 4.98 Å². The molecule has 5 heteroatoms. The van der Waals surface area contributed by atoms with E-state index in [0.717, 1.165) is 45.0 Å². The topological polar surface area (TPSA) is 44.3 Å². The maximum atomic E-state index is 5.15. The summed E-state index contributed by atoms with van der Waals surface area (Å²) in [6.07, 6.45) is 13.9. The Balaban J connectivity index is 1.31. The van der Waals surface area contributed by atoms with Gasteiger partial charge in [0.05, 0.1) is 5.69 Å². The zero-order valence-corrected chi connectivity index (χ0v) is 19.6. The molecule has 2 fully saturated rings. The molecule has 32 heavy (non-hydrogen) atoms. The molecular weight excluding hydrogens is 394 g/mol. The first-order valence-corrected chi connectivity index (χ1v) is 13.0. The number of hydrogen-bond donors (Lipinski definition) is 1. The van der Waals surface area contributed by atoms with Gasteiger partial charge in [0, 0.05) is 37.8 Å². The molecule has 3 aliphatic rings. The van der Waals surface area contributed by atoms with E-state index in [2.05, 4.69) is 45.4 Å². The zero-order chi connectivity index (χ0) is 21.6. The summed E-state index contributed by atoms with van der Waals surface area (Å²) in [5.41, 5.74) is 4.16. The van der Waals surface area contributed by atoms with Crippen LogP contribution in [0.2, 0.25) is 0 Å². The molecule has 2 aromatic rings. The fraction of sp³-hybridized carbons (Fsp3) is 0.630. The summed E-state index contributed by atoms with van der Waals surface area (Å²) in [6, 6.07) is 11.4. The van der Waals surface area contributed by atoms with Crippen molar-refractivity contribution in [2.45, 2.75) is 83.2 Å². The smallest absolute Gasteiger partial charge is 0.224 e. The standard InChI is InChI=1S/C27H39N5/c1-2-10-18-31(17-9-1)26-24-15-7-4-8-16-25(24)29-27(30-26)28-20-23-14-11-19-32(23)21-22-12-5-3-6-13-22/h3,5-6,12-13,23H,1-2,4,7-11,14-21H2,(H,28,29,30). The van der Waals surface area contributed by atoms with Crippen LogP contribution in [0.5, 0.6) is 0 Å². The SMILES string of the molecule is c1ccc(CN2CCCC2CNc2nc3c(c(N4CCCCCC4)n2)CCCCC3)cc1. The summed E-state index contributed by atoms with van der Waals surface area (Å²) >= 11 is 0. The van der Waals surface area contributed by atoms with E-state index >= 15 is 0 Å². The molecule has 1 N–H and O–H groups in total. The Labute approximate surface area is 193 Å². The van der Waals surface area contributed by atoms with Gasteiger partial charge in [-0.1, -0.05) is 49.6 Å². The molecule has 5 nitrogen and oxygen atoms in total. The summed E-state index contributed by atoms with van der Waals surface area (Å²) in [6.45, 7) is 5.46. The van der Waals surface area contributed by atoms with Crippen molar-refractivity contribution in [3.63, 3.8) is 0 Å². The lowest BCUT2D eigenvalue weighted by Gasteiger charge is -2.27. The van der Waals surface area contributed by atoms with Gasteiger partial charge in [0.15, 0.2) is 0 Å². The van der Waals surface area contributed by atoms with Crippen LogP contribution in [0, 0.1) is 0 Å². The maximum Gasteiger partial charge on any atom is 0.224 e. The number of anilines is 2. The number of hydrogen-bond acceptors (Lipinski definition) is 5. The molecule has 5 rings (SSSR count). The van der Waals surface area contributed by atoms with Gasteiger partial charge in [0.25, 0.3) is 0 Å². The molecule has 1 aromatic carbocycles. The summed E-state index contributed by atoms with van der Waals surface area (Å²) in [5, 5.41) is 3.68. The summed E-state index contributed by atoms with van der Waals surface area (Å²) in [7, 11) is 0. The van der Waals surface area contributed by atoms with Gasteiger partial charge in [0.2, 0.25) is 5.95 Å². The molecule has 3 heterocycles. The van der Waals surface area contributed by atoms with Crippen molar-refractivity contribution in [2.24, 2.45) is 0 Å². The largest absolute Gasteiger partial charge is 0.356 e. The van der Waals surface area contributed by atoms with E-state index in [-0.39, 0.29) is 0 Å². The Morgan fingerprint density at radius 1 is 0.812 bits per heavy atom. The van der Waals surface area contributed by atoms with Crippen LogP contribution >= 0.6 is 0 Å². The highest BCUT2D eigenvalue weighted by molar-refractivity contribution is 5.53. The number of nitrogens with one attached hydrogen (secondary N) is 1. The van der Waals surface area contributed by atoms with Gasteiger partial charge >= 0.3 is 0 Å². The Kier molecular flexibility index (Phi) is 7.22. The number of likely N-dealkylation sites (tertiary alicyclic amines) is 1. The van der Waals surface area contributed by atoms with Crippen molar-refractivity contribution in [1.82, 2.24) is 14.9 Å². The molecule has 0 bridgehead atoms. The van der Waals surface area contributed by atoms with Crippen LogP contribution in [-0.4, -0.2) is 47.1 Å². The van der Waals surface area contributed by atoms with Gasteiger partial charge in [-0.3, -0.25) is 4.90 Å². The third-order valence-electron chi connectivity index (χ3n) is 7.54. The highest BCUT2D eigenvalue weighted by Gasteiger charge is 2.26. The fourth-order valence-electron chi connectivity index (χ4n) is 5.74. The number of aromatic nitrogens is 2. The summed E-state index contributed by atoms with van der Waals surface area (Å²) < 4.78 is 0. The molecule has 0 spiro atoms. The van der Waals surface area contributed by atoms with Gasteiger partial charge in [-0.05, 0) is 63.5 Å². The van der Waals surface area contributed by atoms with E-state index in [0.29, 0.717) is 6.04 Å². The van der Waals surface area contributed by atoms with Crippen LogP contribution in [-0.2, 0) is 19.4 Å². The molecule has 1 unspecified atom stereocenters. The average molecular weight is 434 g/mol. The Morgan fingerprint density at radius 3 is 2.44 bits per heavy atom. The highest BCUT2D eigenvalue weighted by Crippen LogP contribution is 2.30. The lowest BCUT2D eigenvalue weighted by Crippen LogP contribution is -2.35. The highest BCUT2D eigenvalue weighted by atomic mass is 15.2. The van der Waals surface area contributed by atoms with Crippen LogP contribution in [0.1, 0.15) is 74.6 Å². The molecule has 1 aliphatic carbocycles. The van der Waals surface area contributed by atoms with Crippen molar-refractivity contribution < 1.29 is 0 Å². The quantitative estimate of drug-likeness (QED) is 0.634. The number of benzene rings is 1. The molecule has 172 valence electrons. The minimum Gasteiger partial charge on any atom is -0.356 e. The first-order chi connectivity index (χ1) is 15.9. The molecule has 2 saturated heterocycles. The zero-order valence-electron chi connectivity index (χ0n) is 19.6. The van der Waals surface area contributed by atoms with Crippen molar-refractivity contribution >= 4 is 11.8 Å². The third kappa shape index (κ3) is 5.25. The van der Waals surface area contributed by atoms with E-state index in [1.54, 1.807) is 0 Å². The monoisotopic (exact) mass is 433 g/mol. The lowest BCUT2D eigenvalue weighted by molar-refractivity contribution is 0.254. The maximum absolute atomic E-state index is 5.15. The molecule has 0 amide bonds. The second-order valence-corrected chi connectivity index (χ2v) is 9.89. The predicted octanol–water partition coefficient (Wildman–Crippen LogP) is 5.20. The van der Waals surface area contributed by atoms with Crippen molar-refractivity contribution in [2.75, 3.05) is 36.4 Å². The van der Waals surface area contributed by atoms with Crippen LogP contribution in [0.15, 0.2) is 30.3 Å². The summed E-state index contributed by atoms with van der Waals surface area (Å²) in [5.74, 6) is 2.10. The predicted molar refractivity (Wildman–Crippen MR) is 132 cm³/mol. The van der Waals surface area contributed by atoms with Crippen LogP contribution in [0.4, 0.5) is 11.8 Å². The average Bonchev–Trinajstić information content (AvgIpc) is 3.01. The Bertz CT molecular complexity index is 860. The number of fused-ring (bicyclic) bond motifs is 1. The number of nitrogens with zero attached hydrogens (tertiary/aromatic N) is 4. The molecule has 1 atom stereocenters. The van der Waals surface area contributed by atoms with E-state index in [4.69, 9.17) is 9.97 Å². The normalized spacial score (nSPS) is 22.2. The van der Waals surface area contributed by atoms with Crippen LogP contribution in [0.3, 0.4) is 0 Å². The molecule has 0 radical (unpaired) electrons. The first-order valence-electron chi connectivity index (χ1n) is 13.0. The van der Waals surface area contributed by atoms with E-state index < -0.39 is 0 Å². The van der Waals surface area contributed by atoms with Gasteiger partial charge in [0.1, 0.15) is 5.82 Å². The van der Waals surface area contributed by atoms with Crippen molar-refractivity contribution in [3.8, 4) is 0 Å². The first kappa shape index (κ1) is 21.7. The van der Waals surface area contributed by atoms with Crippen molar-refractivity contribution in [3.05, 3.63) is 47.2 Å². The fourth-order valence-corrected chi connectivity index (χ4v) is 5.74. The van der Waals surface area contributed by atoms with E-state index in [1.807, 2.05) is 0 Å². The Morgan fingerprint density at radius 2 is 1.59 bits per heavy atom. The molecular formula is C27H39N5. The lowest BCUT2D eigenvalue weighted by atomic mass is 10.1. The second-order valence-electron chi connectivity index (χ2n) is 9.89. The molecule has 2 aliphatic heterocycles. The van der Waals surface area contributed by atoms with Gasteiger partial charge < -0.3 is 10.2 Å². The van der Waals surface area contributed by atoms with E-state index in [9.17, 15) is 0 Å². The van der Waals surface area contributed by atoms with Crippen LogP contribution < -0.4 is 10.2 Å². The number of aryl methyl sites for hydroxylation is 1. The van der Waals surface area contributed by atoms with E-state index in [1.165, 1.54) is 87.0 Å². The number of rotatable bonds is 6. The summed E-state index contributed by atoms with van der Waals surface area (Å²) in [4.78, 5) is 15.4. The second kappa shape index (κ2) is 10.7. The molecule has 1 aromatic heterocycles. The minimum absolute atomic E-state index is 0.555. The van der Waals surface area contributed by atoms with Gasteiger partial charge in [-0.25, -0.2) is 4.98 Å².